The lowest BCUT2D eigenvalue weighted by Gasteiger charge is -2.04. The number of benzene rings is 1. The molecule has 0 aliphatic carbocycles. The molecule has 0 heterocycles. The van der Waals surface area contributed by atoms with Crippen LogP contribution in [0, 0.1) is 12.7 Å². The van der Waals surface area contributed by atoms with Crippen LogP contribution in [0.1, 0.15) is 17.5 Å². The van der Waals surface area contributed by atoms with Crippen LogP contribution in [-0.4, -0.2) is 11.7 Å². The van der Waals surface area contributed by atoms with Gasteiger partial charge >= 0.3 is 0 Å². The van der Waals surface area contributed by atoms with Crippen molar-refractivity contribution in [2.24, 2.45) is 0 Å². The van der Waals surface area contributed by atoms with Gasteiger partial charge in [-0.1, -0.05) is 12.1 Å². The maximum atomic E-state index is 13.1. The highest BCUT2D eigenvalue weighted by molar-refractivity contribution is 5.27. The van der Waals surface area contributed by atoms with Crippen LogP contribution >= 0.6 is 0 Å². The minimum atomic E-state index is -0.163. The number of hydrogen-bond acceptors (Lipinski definition) is 1. The van der Waals surface area contributed by atoms with Gasteiger partial charge in [-0.2, -0.15) is 0 Å². The molecule has 0 aromatic heterocycles. The van der Waals surface area contributed by atoms with Crippen molar-refractivity contribution in [3.63, 3.8) is 0 Å². The molecule has 66 valence electrons. The minimum Gasteiger partial charge on any atom is -0.396 e. The zero-order chi connectivity index (χ0) is 8.97. The summed E-state index contributed by atoms with van der Waals surface area (Å²) in [7, 11) is 0. The summed E-state index contributed by atoms with van der Waals surface area (Å²) in [5.74, 6) is -0.163. The van der Waals surface area contributed by atoms with Crippen molar-refractivity contribution in [2.45, 2.75) is 19.8 Å². The Morgan fingerprint density at radius 3 is 2.75 bits per heavy atom. The molecule has 0 atom stereocenters. The largest absolute Gasteiger partial charge is 0.396 e. The molecule has 0 amide bonds. The van der Waals surface area contributed by atoms with Gasteiger partial charge in [0.1, 0.15) is 5.82 Å². The molecule has 1 aromatic carbocycles. The van der Waals surface area contributed by atoms with E-state index in [4.69, 9.17) is 5.11 Å². The quantitative estimate of drug-likeness (QED) is 0.732. The van der Waals surface area contributed by atoms with Crippen LogP contribution in [0.3, 0.4) is 0 Å². The molecule has 0 radical (unpaired) electrons. The maximum Gasteiger partial charge on any atom is 0.126 e. The average molecular weight is 168 g/mol. The lowest BCUT2D eigenvalue weighted by atomic mass is 10.0. The molecular formula is C10H13FO. The van der Waals surface area contributed by atoms with E-state index in [2.05, 4.69) is 0 Å². The topological polar surface area (TPSA) is 20.2 Å². The van der Waals surface area contributed by atoms with Crippen molar-refractivity contribution >= 4 is 0 Å². The molecule has 0 fully saturated rings. The third-order valence-corrected chi connectivity index (χ3v) is 1.94. The van der Waals surface area contributed by atoms with E-state index in [1.807, 2.05) is 13.0 Å². The summed E-state index contributed by atoms with van der Waals surface area (Å²) in [6, 6.07) is 5.04. The molecule has 0 unspecified atom stereocenters. The molecular weight excluding hydrogens is 155 g/mol. The van der Waals surface area contributed by atoms with Gasteiger partial charge in [0.2, 0.25) is 0 Å². The van der Waals surface area contributed by atoms with Crippen LogP contribution in [0.5, 0.6) is 0 Å². The van der Waals surface area contributed by atoms with Gasteiger partial charge in [-0.05, 0) is 37.0 Å². The Bertz CT molecular complexity index is 238. The van der Waals surface area contributed by atoms with Crippen LogP contribution in [0.25, 0.3) is 0 Å². The molecule has 1 N–H and O–H groups in total. The Labute approximate surface area is 71.9 Å². The monoisotopic (exact) mass is 168 g/mol. The zero-order valence-electron chi connectivity index (χ0n) is 7.18. The Hall–Kier alpha value is -0.890. The molecule has 2 heteroatoms. The summed E-state index contributed by atoms with van der Waals surface area (Å²) < 4.78 is 13.1. The van der Waals surface area contributed by atoms with E-state index in [9.17, 15) is 4.39 Å². The standard InChI is InChI=1S/C10H13FO/c1-8-4-2-6-10(11)9(8)5-3-7-12/h2,4,6,12H,3,5,7H2,1H3. The molecule has 1 rings (SSSR count). The van der Waals surface area contributed by atoms with E-state index in [1.54, 1.807) is 6.07 Å². The fourth-order valence-corrected chi connectivity index (χ4v) is 1.24. The second-order valence-corrected chi connectivity index (χ2v) is 2.86. The number of aryl methyl sites for hydroxylation is 1. The van der Waals surface area contributed by atoms with Gasteiger partial charge in [-0.25, -0.2) is 4.39 Å². The highest BCUT2D eigenvalue weighted by Gasteiger charge is 2.03. The molecule has 1 nitrogen and oxygen atoms in total. The van der Waals surface area contributed by atoms with Crippen LogP contribution in [0.4, 0.5) is 4.39 Å². The number of halogens is 1. The lowest BCUT2D eigenvalue weighted by molar-refractivity contribution is 0.288. The first-order valence-corrected chi connectivity index (χ1v) is 4.10. The summed E-state index contributed by atoms with van der Waals surface area (Å²) in [4.78, 5) is 0. The maximum absolute atomic E-state index is 13.1. The Balaban J connectivity index is 2.81. The van der Waals surface area contributed by atoms with Crippen molar-refractivity contribution < 1.29 is 9.50 Å². The van der Waals surface area contributed by atoms with E-state index in [-0.39, 0.29) is 12.4 Å². The molecule has 0 saturated heterocycles. The molecule has 12 heavy (non-hydrogen) atoms. The second-order valence-electron chi connectivity index (χ2n) is 2.86. The highest BCUT2D eigenvalue weighted by Crippen LogP contribution is 2.13. The van der Waals surface area contributed by atoms with Gasteiger partial charge in [0, 0.05) is 6.61 Å². The van der Waals surface area contributed by atoms with E-state index in [0.29, 0.717) is 12.8 Å². The molecule has 0 bridgehead atoms. The van der Waals surface area contributed by atoms with Gasteiger partial charge in [-0.3, -0.25) is 0 Å². The predicted molar refractivity (Wildman–Crippen MR) is 46.5 cm³/mol. The summed E-state index contributed by atoms with van der Waals surface area (Å²) in [5, 5.41) is 8.59. The van der Waals surface area contributed by atoms with Crippen LogP contribution in [-0.2, 0) is 6.42 Å². The van der Waals surface area contributed by atoms with Crippen molar-refractivity contribution in [2.75, 3.05) is 6.61 Å². The van der Waals surface area contributed by atoms with Crippen LogP contribution < -0.4 is 0 Å². The fraction of sp³-hybridized carbons (Fsp3) is 0.400. The third kappa shape index (κ3) is 2.05. The predicted octanol–water partition coefficient (Wildman–Crippen LogP) is 2.06. The first kappa shape index (κ1) is 9.20. The fourth-order valence-electron chi connectivity index (χ4n) is 1.24. The molecule has 0 aliphatic rings. The van der Waals surface area contributed by atoms with E-state index >= 15 is 0 Å². The molecule has 0 saturated carbocycles. The van der Waals surface area contributed by atoms with Gasteiger partial charge in [0.25, 0.3) is 0 Å². The van der Waals surface area contributed by atoms with E-state index < -0.39 is 0 Å². The number of hydrogen-bond donors (Lipinski definition) is 1. The van der Waals surface area contributed by atoms with Gasteiger partial charge < -0.3 is 5.11 Å². The Kier molecular flexibility index (Phi) is 3.23. The van der Waals surface area contributed by atoms with Crippen LogP contribution in [0.2, 0.25) is 0 Å². The summed E-state index contributed by atoms with van der Waals surface area (Å²) in [6.45, 7) is 2.00. The Morgan fingerprint density at radius 1 is 1.42 bits per heavy atom. The van der Waals surface area contributed by atoms with Crippen molar-refractivity contribution in [3.8, 4) is 0 Å². The SMILES string of the molecule is Cc1cccc(F)c1CCCO. The zero-order valence-corrected chi connectivity index (χ0v) is 7.18. The minimum absolute atomic E-state index is 0.119. The third-order valence-electron chi connectivity index (χ3n) is 1.94. The number of aliphatic hydroxyl groups excluding tert-OH is 1. The second kappa shape index (κ2) is 4.21. The van der Waals surface area contributed by atoms with Gasteiger partial charge in [0.15, 0.2) is 0 Å². The first-order valence-electron chi connectivity index (χ1n) is 4.10. The van der Waals surface area contributed by atoms with Crippen molar-refractivity contribution in [1.29, 1.82) is 0 Å². The summed E-state index contributed by atoms with van der Waals surface area (Å²) in [5.41, 5.74) is 1.69. The molecule has 0 spiro atoms. The van der Waals surface area contributed by atoms with Crippen molar-refractivity contribution in [3.05, 3.63) is 35.1 Å². The number of aliphatic hydroxyl groups is 1. The smallest absolute Gasteiger partial charge is 0.126 e. The van der Waals surface area contributed by atoms with E-state index in [1.165, 1.54) is 6.07 Å². The summed E-state index contributed by atoms with van der Waals surface area (Å²) in [6.07, 6.45) is 1.25. The van der Waals surface area contributed by atoms with Crippen molar-refractivity contribution in [1.82, 2.24) is 0 Å². The number of rotatable bonds is 3. The lowest BCUT2D eigenvalue weighted by Crippen LogP contribution is -1.96. The summed E-state index contributed by atoms with van der Waals surface area (Å²) >= 11 is 0. The highest BCUT2D eigenvalue weighted by atomic mass is 19.1. The van der Waals surface area contributed by atoms with Gasteiger partial charge in [-0.15, -0.1) is 0 Å². The molecule has 1 aromatic rings. The first-order chi connectivity index (χ1) is 5.75. The normalized spacial score (nSPS) is 10.2. The molecule has 0 aliphatic heterocycles. The van der Waals surface area contributed by atoms with Gasteiger partial charge in [0.05, 0.1) is 0 Å². The van der Waals surface area contributed by atoms with Crippen LogP contribution in [0.15, 0.2) is 18.2 Å². The average Bonchev–Trinajstić information content (AvgIpc) is 2.04. The Morgan fingerprint density at radius 2 is 2.17 bits per heavy atom. The van der Waals surface area contributed by atoms with E-state index in [0.717, 1.165) is 11.1 Å².